The Hall–Kier alpha value is -2.93. The van der Waals surface area contributed by atoms with Crippen molar-refractivity contribution in [2.75, 3.05) is 37.9 Å². The van der Waals surface area contributed by atoms with E-state index in [1.54, 1.807) is 0 Å². The second-order valence-electron chi connectivity index (χ2n) is 7.64. The maximum Gasteiger partial charge on any atom is 0.286 e. The molecule has 3 heterocycles. The molecule has 3 aliphatic rings. The number of nitrogens with zero attached hydrogens (tertiary/aromatic N) is 3. The first kappa shape index (κ1) is 19.1. The van der Waals surface area contributed by atoms with E-state index in [1.807, 2.05) is 24.3 Å². The Morgan fingerprint density at radius 2 is 1.67 bits per heavy atom. The van der Waals surface area contributed by atoms with Crippen molar-refractivity contribution in [1.29, 1.82) is 0 Å². The van der Waals surface area contributed by atoms with Gasteiger partial charge < -0.3 is 19.3 Å². The van der Waals surface area contributed by atoms with Crippen LogP contribution in [0.1, 0.15) is 16.7 Å². The summed E-state index contributed by atoms with van der Waals surface area (Å²) in [5.41, 5.74) is 4.85. The van der Waals surface area contributed by atoms with Crippen LogP contribution in [0.5, 0.6) is 11.5 Å². The number of carbonyl (C=O) groups is 1. The van der Waals surface area contributed by atoms with E-state index in [-0.39, 0.29) is 12.7 Å². The van der Waals surface area contributed by atoms with Crippen molar-refractivity contribution >= 4 is 34.6 Å². The number of piperazine rings is 1. The van der Waals surface area contributed by atoms with E-state index in [0.717, 1.165) is 42.7 Å². The molecule has 0 bridgehead atoms. The number of hydrogen-bond donors (Lipinski definition) is 0. The Balaban J connectivity index is 1.26. The third-order valence-electron chi connectivity index (χ3n) is 5.61. The van der Waals surface area contributed by atoms with Crippen LogP contribution in [0.15, 0.2) is 46.3 Å². The lowest BCUT2D eigenvalue weighted by molar-refractivity contribution is -0.113. The Kier molecular flexibility index (Phi) is 4.90. The van der Waals surface area contributed by atoms with Gasteiger partial charge >= 0.3 is 0 Å². The highest BCUT2D eigenvalue weighted by atomic mass is 32.2. The lowest BCUT2D eigenvalue weighted by Crippen LogP contribution is -2.48. The van der Waals surface area contributed by atoms with Gasteiger partial charge in [0.25, 0.3) is 5.91 Å². The van der Waals surface area contributed by atoms with Gasteiger partial charge in [0.2, 0.25) is 6.79 Å². The molecule has 5 rings (SSSR count). The van der Waals surface area contributed by atoms with Crippen LogP contribution in [0.4, 0.5) is 5.69 Å². The number of anilines is 1. The minimum absolute atomic E-state index is 0.176. The maximum atomic E-state index is 12.5. The molecule has 1 amide bonds. The van der Waals surface area contributed by atoms with Crippen LogP contribution in [0, 0.1) is 13.8 Å². The molecule has 30 heavy (non-hydrogen) atoms. The lowest BCUT2D eigenvalue weighted by atomic mass is 10.1. The van der Waals surface area contributed by atoms with E-state index in [1.165, 1.54) is 28.6 Å². The summed E-state index contributed by atoms with van der Waals surface area (Å²) in [6.07, 6.45) is 1.87. The average molecular weight is 422 g/mol. The number of aryl methyl sites for hydroxylation is 2. The SMILES string of the molecule is Cc1cccc(C)c1N1CCN(C2=NC(=O)C(=Cc3ccc4c(c3)OCO4)S2)CC1. The molecule has 154 valence electrons. The van der Waals surface area contributed by atoms with Gasteiger partial charge in [-0.15, -0.1) is 0 Å². The summed E-state index contributed by atoms with van der Waals surface area (Å²) in [7, 11) is 0. The van der Waals surface area contributed by atoms with E-state index >= 15 is 0 Å². The van der Waals surface area contributed by atoms with Crippen LogP contribution in [0.3, 0.4) is 0 Å². The molecule has 3 aliphatic heterocycles. The van der Waals surface area contributed by atoms with Crippen molar-refractivity contribution in [2.45, 2.75) is 13.8 Å². The van der Waals surface area contributed by atoms with E-state index in [2.05, 4.69) is 46.8 Å². The summed E-state index contributed by atoms with van der Waals surface area (Å²) in [5, 5.41) is 0.799. The fourth-order valence-corrected chi connectivity index (χ4v) is 5.08. The number of benzene rings is 2. The van der Waals surface area contributed by atoms with Crippen molar-refractivity contribution in [3.8, 4) is 11.5 Å². The summed E-state index contributed by atoms with van der Waals surface area (Å²) in [5.74, 6) is 1.27. The molecule has 0 atom stereocenters. The number of hydrogen-bond acceptors (Lipinski definition) is 6. The molecule has 0 aliphatic carbocycles. The highest BCUT2D eigenvalue weighted by Crippen LogP contribution is 2.36. The van der Waals surface area contributed by atoms with Gasteiger partial charge in [-0.1, -0.05) is 24.3 Å². The van der Waals surface area contributed by atoms with Crippen molar-refractivity contribution in [3.63, 3.8) is 0 Å². The molecule has 0 spiro atoms. The van der Waals surface area contributed by atoms with Gasteiger partial charge in [0.15, 0.2) is 16.7 Å². The average Bonchev–Trinajstić information content (AvgIpc) is 3.35. The van der Waals surface area contributed by atoms with Crippen LogP contribution < -0.4 is 14.4 Å². The van der Waals surface area contributed by atoms with Gasteiger partial charge in [-0.3, -0.25) is 4.79 Å². The molecule has 7 heteroatoms. The molecule has 6 nitrogen and oxygen atoms in total. The summed E-state index contributed by atoms with van der Waals surface area (Å²) >= 11 is 1.45. The zero-order valence-corrected chi connectivity index (χ0v) is 17.9. The zero-order chi connectivity index (χ0) is 20.7. The van der Waals surface area contributed by atoms with E-state index < -0.39 is 0 Å². The van der Waals surface area contributed by atoms with Crippen molar-refractivity contribution in [3.05, 3.63) is 58.0 Å². The second kappa shape index (κ2) is 7.72. The summed E-state index contributed by atoms with van der Waals surface area (Å²) in [6, 6.07) is 12.1. The van der Waals surface area contributed by atoms with Gasteiger partial charge in [0.1, 0.15) is 0 Å². The largest absolute Gasteiger partial charge is 0.454 e. The molecular formula is C23H23N3O3S. The van der Waals surface area contributed by atoms with Gasteiger partial charge in [0, 0.05) is 31.9 Å². The normalized spacial score (nSPS) is 19.6. The molecule has 1 fully saturated rings. The lowest BCUT2D eigenvalue weighted by Gasteiger charge is -2.38. The Morgan fingerprint density at radius 1 is 0.967 bits per heavy atom. The monoisotopic (exact) mass is 421 g/mol. The Bertz CT molecular complexity index is 1050. The van der Waals surface area contributed by atoms with Crippen LogP contribution in [-0.2, 0) is 4.79 Å². The fraction of sp³-hybridized carbons (Fsp3) is 0.304. The summed E-state index contributed by atoms with van der Waals surface area (Å²) in [6.45, 7) is 8.11. The predicted octanol–water partition coefficient (Wildman–Crippen LogP) is 3.82. The minimum Gasteiger partial charge on any atom is -0.454 e. The number of thioether (sulfide) groups is 1. The van der Waals surface area contributed by atoms with Crippen molar-refractivity contribution < 1.29 is 14.3 Å². The molecular weight excluding hydrogens is 398 g/mol. The minimum atomic E-state index is -0.176. The molecule has 0 N–H and O–H groups in total. The van der Waals surface area contributed by atoms with Crippen LogP contribution in [0.2, 0.25) is 0 Å². The third kappa shape index (κ3) is 3.54. The second-order valence-corrected chi connectivity index (χ2v) is 8.65. The van der Waals surface area contributed by atoms with Gasteiger partial charge in [-0.2, -0.15) is 4.99 Å². The van der Waals surface area contributed by atoms with Crippen LogP contribution in [0.25, 0.3) is 6.08 Å². The fourth-order valence-electron chi connectivity index (χ4n) is 4.11. The zero-order valence-electron chi connectivity index (χ0n) is 17.1. The molecule has 1 saturated heterocycles. The predicted molar refractivity (Wildman–Crippen MR) is 120 cm³/mol. The standard InChI is InChI=1S/C23H23N3O3S/c1-15-4-3-5-16(2)21(15)25-8-10-26(11-9-25)23-24-22(27)20(30-23)13-17-6-7-18-19(12-17)29-14-28-18/h3-7,12-13H,8-11,14H2,1-2H3. The highest BCUT2D eigenvalue weighted by molar-refractivity contribution is 8.18. The van der Waals surface area contributed by atoms with Crippen LogP contribution in [-0.4, -0.2) is 48.9 Å². The number of rotatable bonds is 2. The molecule has 0 saturated carbocycles. The van der Waals surface area contributed by atoms with Gasteiger partial charge in [0.05, 0.1) is 4.91 Å². The summed E-state index contributed by atoms with van der Waals surface area (Å²) in [4.78, 5) is 22.1. The van der Waals surface area contributed by atoms with Gasteiger partial charge in [-0.25, -0.2) is 0 Å². The van der Waals surface area contributed by atoms with E-state index in [4.69, 9.17) is 9.47 Å². The van der Waals surface area contributed by atoms with Crippen LogP contribution >= 0.6 is 11.8 Å². The number of amides is 1. The first-order chi connectivity index (χ1) is 14.6. The van der Waals surface area contributed by atoms with Gasteiger partial charge in [-0.05, 0) is 60.5 Å². The number of fused-ring (bicyclic) bond motifs is 1. The number of amidine groups is 1. The molecule has 0 unspecified atom stereocenters. The molecule has 0 aromatic heterocycles. The van der Waals surface area contributed by atoms with Crippen molar-refractivity contribution in [2.24, 2.45) is 4.99 Å². The molecule has 2 aromatic carbocycles. The number of aliphatic imine (C=N–C) groups is 1. The number of para-hydroxylation sites is 1. The van der Waals surface area contributed by atoms with E-state index in [9.17, 15) is 4.79 Å². The smallest absolute Gasteiger partial charge is 0.286 e. The number of ether oxygens (including phenoxy) is 2. The number of carbonyl (C=O) groups excluding carboxylic acids is 1. The molecule has 0 radical (unpaired) electrons. The van der Waals surface area contributed by atoms with E-state index in [0.29, 0.717) is 10.7 Å². The summed E-state index contributed by atoms with van der Waals surface area (Å²) < 4.78 is 10.8. The quantitative estimate of drug-likeness (QED) is 0.687. The maximum absolute atomic E-state index is 12.5. The first-order valence-electron chi connectivity index (χ1n) is 10.1. The third-order valence-corrected chi connectivity index (χ3v) is 6.65. The Labute approximate surface area is 180 Å². The van der Waals surface area contributed by atoms with Crippen molar-refractivity contribution in [1.82, 2.24) is 4.90 Å². The molecule has 2 aromatic rings. The Morgan fingerprint density at radius 3 is 2.43 bits per heavy atom. The topological polar surface area (TPSA) is 54.4 Å². The highest BCUT2D eigenvalue weighted by Gasteiger charge is 2.29. The first-order valence-corrected chi connectivity index (χ1v) is 10.9.